The summed E-state index contributed by atoms with van der Waals surface area (Å²) < 4.78 is 5.43. The highest BCUT2D eigenvalue weighted by Crippen LogP contribution is 2.38. The Hall–Kier alpha value is -0.120. The number of rotatable bonds is 4. The van der Waals surface area contributed by atoms with Gasteiger partial charge in [-0.1, -0.05) is 27.7 Å². The van der Waals surface area contributed by atoms with E-state index in [4.69, 9.17) is 10.5 Å². The van der Waals surface area contributed by atoms with E-state index >= 15 is 0 Å². The molecule has 0 bridgehead atoms. The van der Waals surface area contributed by atoms with Crippen molar-refractivity contribution in [3.8, 4) is 0 Å². The quantitative estimate of drug-likeness (QED) is 0.774. The van der Waals surface area contributed by atoms with Crippen molar-refractivity contribution < 1.29 is 9.84 Å². The van der Waals surface area contributed by atoms with Crippen LogP contribution in [0.2, 0.25) is 0 Å². The van der Waals surface area contributed by atoms with E-state index in [2.05, 4.69) is 27.7 Å². The molecule has 3 N–H and O–H groups in total. The highest BCUT2D eigenvalue weighted by molar-refractivity contribution is 5.06. The second-order valence-electron chi connectivity index (χ2n) is 5.98. The van der Waals surface area contributed by atoms with Crippen molar-refractivity contribution in [2.24, 2.45) is 17.6 Å². The lowest BCUT2D eigenvalue weighted by Gasteiger charge is -2.50. The Morgan fingerprint density at radius 1 is 1.38 bits per heavy atom. The van der Waals surface area contributed by atoms with E-state index in [0.29, 0.717) is 12.5 Å². The molecule has 0 aromatic carbocycles. The largest absolute Gasteiger partial charge is 0.386 e. The van der Waals surface area contributed by atoms with Gasteiger partial charge in [0, 0.05) is 12.1 Å². The molecule has 16 heavy (non-hydrogen) atoms. The van der Waals surface area contributed by atoms with E-state index < -0.39 is 11.1 Å². The fourth-order valence-electron chi connectivity index (χ4n) is 2.79. The lowest BCUT2D eigenvalue weighted by atomic mass is 9.66. The van der Waals surface area contributed by atoms with Gasteiger partial charge < -0.3 is 15.6 Å². The molecule has 1 saturated heterocycles. The van der Waals surface area contributed by atoms with Crippen molar-refractivity contribution in [3.05, 3.63) is 0 Å². The van der Waals surface area contributed by atoms with E-state index in [1.807, 2.05) is 0 Å². The SMILES string of the molecule is CC(C)CC(N)(C(C)C)C1(O)CCCOC1. The van der Waals surface area contributed by atoms with Crippen LogP contribution < -0.4 is 5.73 Å². The predicted molar refractivity (Wildman–Crippen MR) is 66.2 cm³/mol. The van der Waals surface area contributed by atoms with E-state index in [1.165, 1.54) is 0 Å². The maximum Gasteiger partial charge on any atom is 0.106 e. The van der Waals surface area contributed by atoms with Gasteiger partial charge in [-0.2, -0.15) is 0 Å². The zero-order chi connectivity index (χ0) is 12.4. The molecule has 1 aliphatic heterocycles. The number of ether oxygens (including phenoxy) is 1. The van der Waals surface area contributed by atoms with Crippen LogP contribution in [0, 0.1) is 11.8 Å². The minimum absolute atomic E-state index is 0.251. The molecule has 1 rings (SSSR count). The Balaban J connectivity index is 2.90. The molecule has 1 aliphatic rings. The summed E-state index contributed by atoms with van der Waals surface area (Å²) in [5.74, 6) is 0.736. The number of hydrogen-bond donors (Lipinski definition) is 2. The molecule has 0 radical (unpaired) electrons. The van der Waals surface area contributed by atoms with Crippen LogP contribution in [-0.2, 0) is 4.74 Å². The van der Waals surface area contributed by atoms with Crippen LogP contribution in [0.5, 0.6) is 0 Å². The minimum Gasteiger partial charge on any atom is -0.386 e. The third-order valence-electron chi connectivity index (χ3n) is 3.86. The first kappa shape index (κ1) is 13.9. The van der Waals surface area contributed by atoms with Gasteiger partial charge in [0.05, 0.1) is 6.61 Å². The zero-order valence-corrected chi connectivity index (χ0v) is 11.1. The molecular weight excluding hydrogens is 202 g/mol. The summed E-state index contributed by atoms with van der Waals surface area (Å²) in [4.78, 5) is 0. The third kappa shape index (κ3) is 2.58. The van der Waals surface area contributed by atoms with Crippen LogP contribution in [0.1, 0.15) is 47.0 Å². The maximum absolute atomic E-state index is 10.8. The third-order valence-corrected chi connectivity index (χ3v) is 3.86. The van der Waals surface area contributed by atoms with Gasteiger partial charge >= 0.3 is 0 Å². The van der Waals surface area contributed by atoms with Gasteiger partial charge in [-0.3, -0.25) is 0 Å². The summed E-state index contributed by atoms with van der Waals surface area (Å²) in [6.45, 7) is 9.62. The fourth-order valence-corrected chi connectivity index (χ4v) is 2.79. The van der Waals surface area contributed by atoms with Gasteiger partial charge in [-0.15, -0.1) is 0 Å². The summed E-state index contributed by atoms with van der Waals surface area (Å²) in [7, 11) is 0. The van der Waals surface area contributed by atoms with Crippen molar-refractivity contribution >= 4 is 0 Å². The Morgan fingerprint density at radius 2 is 2.00 bits per heavy atom. The lowest BCUT2D eigenvalue weighted by molar-refractivity contribution is -0.145. The molecule has 0 aromatic rings. The smallest absolute Gasteiger partial charge is 0.106 e. The first-order chi connectivity index (χ1) is 7.32. The van der Waals surface area contributed by atoms with Crippen molar-refractivity contribution in [3.63, 3.8) is 0 Å². The molecule has 2 atom stereocenters. The molecule has 0 aromatic heterocycles. The summed E-state index contributed by atoms with van der Waals surface area (Å²) >= 11 is 0. The van der Waals surface area contributed by atoms with Gasteiger partial charge in [-0.25, -0.2) is 0 Å². The van der Waals surface area contributed by atoms with E-state index in [9.17, 15) is 5.11 Å². The second kappa shape index (κ2) is 5.03. The summed E-state index contributed by atoms with van der Waals surface area (Å²) in [5.41, 5.74) is 5.12. The van der Waals surface area contributed by atoms with Gasteiger partial charge in [0.2, 0.25) is 0 Å². The van der Waals surface area contributed by atoms with E-state index in [-0.39, 0.29) is 5.92 Å². The monoisotopic (exact) mass is 229 g/mol. The zero-order valence-electron chi connectivity index (χ0n) is 11.1. The molecule has 0 saturated carbocycles. The Morgan fingerprint density at radius 3 is 2.38 bits per heavy atom. The minimum atomic E-state index is -0.857. The molecule has 0 spiro atoms. The maximum atomic E-state index is 10.8. The highest BCUT2D eigenvalue weighted by Gasteiger charge is 2.50. The summed E-state index contributed by atoms with van der Waals surface area (Å²) in [6, 6.07) is 0. The molecule has 2 unspecified atom stereocenters. The lowest BCUT2D eigenvalue weighted by Crippen LogP contribution is -2.67. The van der Waals surface area contributed by atoms with Gasteiger partial charge in [0.15, 0.2) is 0 Å². The first-order valence-corrected chi connectivity index (χ1v) is 6.41. The number of aliphatic hydroxyl groups is 1. The van der Waals surface area contributed by atoms with Crippen molar-refractivity contribution in [2.45, 2.75) is 58.1 Å². The molecule has 0 aliphatic carbocycles. The van der Waals surface area contributed by atoms with Gasteiger partial charge in [0.1, 0.15) is 5.60 Å². The number of nitrogens with two attached hydrogens (primary N) is 1. The van der Waals surface area contributed by atoms with Crippen LogP contribution in [0.25, 0.3) is 0 Å². The molecule has 3 heteroatoms. The fraction of sp³-hybridized carbons (Fsp3) is 1.00. The molecular formula is C13H27NO2. The van der Waals surface area contributed by atoms with E-state index in [0.717, 1.165) is 25.9 Å². The molecule has 96 valence electrons. The molecule has 3 nitrogen and oxygen atoms in total. The first-order valence-electron chi connectivity index (χ1n) is 6.41. The van der Waals surface area contributed by atoms with Crippen LogP contribution in [0.4, 0.5) is 0 Å². The normalized spacial score (nSPS) is 30.8. The van der Waals surface area contributed by atoms with Crippen LogP contribution in [-0.4, -0.2) is 29.5 Å². The second-order valence-corrected chi connectivity index (χ2v) is 5.98. The van der Waals surface area contributed by atoms with Crippen LogP contribution in [0.3, 0.4) is 0 Å². The van der Waals surface area contributed by atoms with Crippen LogP contribution in [0.15, 0.2) is 0 Å². The van der Waals surface area contributed by atoms with Gasteiger partial charge in [0.25, 0.3) is 0 Å². The van der Waals surface area contributed by atoms with Crippen molar-refractivity contribution in [2.75, 3.05) is 13.2 Å². The highest BCUT2D eigenvalue weighted by atomic mass is 16.5. The van der Waals surface area contributed by atoms with Crippen LogP contribution >= 0.6 is 0 Å². The van der Waals surface area contributed by atoms with Crippen molar-refractivity contribution in [1.82, 2.24) is 0 Å². The van der Waals surface area contributed by atoms with Crippen molar-refractivity contribution in [1.29, 1.82) is 0 Å². The standard InChI is InChI=1S/C13H27NO2/c1-10(2)8-13(14,11(3)4)12(15)6-5-7-16-9-12/h10-11,15H,5-9,14H2,1-4H3. The number of hydrogen-bond acceptors (Lipinski definition) is 3. The molecule has 0 amide bonds. The van der Waals surface area contributed by atoms with E-state index in [1.54, 1.807) is 0 Å². The molecule has 1 fully saturated rings. The Kier molecular flexibility index (Phi) is 4.38. The Labute approximate surface area is 99.4 Å². The predicted octanol–water partition coefficient (Wildman–Crippen LogP) is 1.93. The Bertz CT molecular complexity index is 222. The summed E-state index contributed by atoms with van der Waals surface area (Å²) in [6.07, 6.45) is 2.50. The topological polar surface area (TPSA) is 55.5 Å². The van der Waals surface area contributed by atoms with Gasteiger partial charge in [-0.05, 0) is 31.1 Å². The average molecular weight is 229 g/mol. The summed E-state index contributed by atoms with van der Waals surface area (Å²) in [5, 5.41) is 10.8. The average Bonchev–Trinajstić information content (AvgIpc) is 2.17. The molecule has 1 heterocycles.